The van der Waals surface area contributed by atoms with E-state index < -0.39 is 23.7 Å². The lowest BCUT2D eigenvalue weighted by Gasteiger charge is -2.29. The quantitative estimate of drug-likeness (QED) is 0.695. The van der Waals surface area contributed by atoms with E-state index in [0.29, 0.717) is 17.8 Å². The molecule has 6 heteroatoms. The van der Waals surface area contributed by atoms with Gasteiger partial charge in [-0.2, -0.15) is 0 Å². The summed E-state index contributed by atoms with van der Waals surface area (Å²) < 4.78 is 14.1. The number of aliphatic carboxylic acids is 1. The fourth-order valence-corrected chi connectivity index (χ4v) is 4.35. The summed E-state index contributed by atoms with van der Waals surface area (Å²) >= 11 is 0. The molecule has 1 N–H and O–H groups in total. The smallest absolute Gasteiger partial charge is 0.327 e. The second kappa shape index (κ2) is 7.78. The molecule has 1 aliphatic heterocycles. The van der Waals surface area contributed by atoms with Gasteiger partial charge in [0.1, 0.15) is 11.9 Å². The van der Waals surface area contributed by atoms with E-state index in [1.807, 2.05) is 47.4 Å². The molecule has 0 aliphatic carbocycles. The molecule has 2 atom stereocenters. The first kappa shape index (κ1) is 19.9. The number of anilines is 1. The lowest BCUT2D eigenvalue weighted by molar-refractivity contribution is -0.139. The molecule has 0 saturated carbocycles. The predicted octanol–water partition coefficient (Wildman–Crippen LogP) is 4.01. The van der Waals surface area contributed by atoms with E-state index >= 15 is 0 Å². The first-order valence-corrected chi connectivity index (χ1v) is 9.84. The summed E-state index contributed by atoms with van der Waals surface area (Å²) in [5.41, 5.74) is 2.31. The molecule has 0 bridgehead atoms. The van der Waals surface area contributed by atoms with Gasteiger partial charge < -0.3 is 14.9 Å². The van der Waals surface area contributed by atoms with Crippen molar-refractivity contribution in [3.8, 4) is 0 Å². The minimum atomic E-state index is -0.992. The number of benzene rings is 3. The van der Waals surface area contributed by atoms with Gasteiger partial charge >= 0.3 is 5.97 Å². The maximum Gasteiger partial charge on any atom is 0.327 e. The van der Waals surface area contributed by atoms with Crippen molar-refractivity contribution in [3.63, 3.8) is 0 Å². The Hall–Kier alpha value is -3.41. The molecule has 0 radical (unpaired) electrons. The summed E-state index contributed by atoms with van der Waals surface area (Å²) in [6.45, 7) is 2.01. The molecule has 0 aromatic heterocycles. The number of amides is 1. The molecule has 0 fully saturated rings. The van der Waals surface area contributed by atoms with Crippen molar-refractivity contribution in [1.29, 1.82) is 0 Å². The number of carbonyl (C=O) groups is 2. The molecular formula is C24H23FN2O3. The summed E-state index contributed by atoms with van der Waals surface area (Å²) in [6.07, 6.45) is 0. The van der Waals surface area contributed by atoms with Gasteiger partial charge in [-0.3, -0.25) is 4.79 Å². The van der Waals surface area contributed by atoms with Gasteiger partial charge in [-0.05, 0) is 40.1 Å². The van der Waals surface area contributed by atoms with Crippen molar-refractivity contribution in [3.05, 3.63) is 77.6 Å². The van der Waals surface area contributed by atoms with E-state index in [2.05, 4.69) is 0 Å². The van der Waals surface area contributed by atoms with Crippen molar-refractivity contribution in [2.75, 3.05) is 18.5 Å². The zero-order valence-electron chi connectivity index (χ0n) is 16.9. The Labute approximate surface area is 174 Å². The van der Waals surface area contributed by atoms with Crippen LogP contribution >= 0.6 is 0 Å². The van der Waals surface area contributed by atoms with Crippen LogP contribution in [0.4, 0.5) is 10.1 Å². The molecule has 1 amide bonds. The number of nitrogens with zero attached hydrogens (tertiary/aromatic N) is 2. The van der Waals surface area contributed by atoms with E-state index in [1.54, 1.807) is 13.1 Å². The maximum absolute atomic E-state index is 14.1. The number of halogens is 1. The van der Waals surface area contributed by atoms with Crippen LogP contribution in [0.2, 0.25) is 0 Å². The van der Waals surface area contributed by atoms with E-state index in [4.69, 9.17) is 0 Å². The first-order chi connectivity index (χ1) is 14.4. The summed E-state index contributed by atoms with van der Waals surface area (Å²) in [5.74, 6) is -2.10. The third-order valence-corrected chi connectivity index (χ3v) is 5.90. The first-order valence-electron chi connectivity index (χ1n) is 9.84. The number of likely N-dealkylation sites (N-methyl/N-ethyl adjacent to an activating group) is 1. The summed E-state index contributed by atoms with van der Waals surface area (Å²) in [7, 11) is 1.63. The lowest BCUT2D eigenvalue weighted by atomic mass is 9.94. The van der Waals surface area contributed by atoms with Gasteiger partial charge in [-0.1, -0.05) is 42.5 Å². The number of hydrogen-bond donors (Lipinski definition) is 1. The molecule has 154 valence electrons. The Kier molecular flexibility index (Phi) is 5.16. The number of hydrogen-bond acceptors (Lipinski definition) is 3. The number of carbonyl (C=O) groups excluding carboxylic acids is 1. The van der Waals surface area contributed by atoms with Crippen molar-refractivity contribution < 1.29 is 19.1 Å². The van der Waals surface area contributed by atoms with Crippen molar-refractivity contribution in [2.45, 2.75) is 25.4 Å². The molecule has 3 aromatic rings. The van der Waals surface area contributed by atoms with Gasteiger partial charge in [0.25, 0.3) is 0 Å². The van der Waals surface area contributed by atoms with Crippen molar-refractivity contribution in [2.24, 2.45) is 0 Å². The molecule has 4 rings (SSSR count). The zero-order valence-corrected chi connectivity index (χ0v) is 16.9. The van der Waals surface area contributed by atoms with Crippen LogP contribution in [-0.2, 0) is 16.1 Å². The lowest BCUT2D eigenvalue weighted by Crippen LogP contribution is -2.44. The van der Waals surface area contributed by atoms with Crippen LogP contribution in [0.15, 0.2) is 60.7 Å². The minimum Gasteiger partial charge on any atom is -0.480 e. The molecule has 0 saturated heterocycles. The molecule has 2 unspecified atom stereocenters. The third kappa shape index (κ3) is 3.49. The highest BCUT2D eigenvalue weighted by Gasteiger charge is 2.44. The average Bonchev–Trinajstić information content (AvgIpc) is 3.00. The van der Waals surface area contributed by atoms with E-state index in [9.17, 15) is 19.1 Å². The van der Waals surface area contributed by atoms with E-state index in [0.717, 1.165) is 16.3 Å². The van der Waals surface area contributed by atoms with Gasteiger partial charge in [-0.25, -0.2) is 9.18 Å². The number of fused-ring (bicyclic) bond motifs is 2. The summed E-state index contributed by atoms with van der Waals surface area (Å²) in [4.78, 5) is 27.4. The molecule has 1 heterocycles. The Morgan fingerprint density at radius 3 is 2.57 bits per heavy atom. The van der Waals surface area contributed by atoms with Gasteiger partial charge in [0.15, 0.2) is 0 Å². The average molecular weight is 406 g/mol. The molecular weight excluding hydrogens is 383 g/mol. The second-order valence-electron chi connectivity index (χ2n) is 7.76. The Morgan fingerprint density at radius 2 is 1.83 bits per heavy atom. The second-order valence-corrected chi connectivity index (χ2v) is 7.76. The molecule has 3 aromatic carbocycles. The molecule has 5 nitrogen and oxygen atoms in total. The summed E-state index contributed by atoms with van der Waals surface area (Å²) in [6, 6.07) is 17.4. The summed E-state index contributed by atoms with van der Waals surface area (Å²) in [5, 5.41) is 12.2. The SMILES string of the molecule is CC(=O)N(C)CC1c2cc(F)ccc2N(Cc2cccc3ccccc23)C1C(=O)O. The van der Waals surface area contributed by atoms with Crippen LogP contribution < -0.4 is 4.90 Å². The monoisotopic (exact) mass is 406 g/mol. The molecule has 0 spiro atoms. The van der Waals surface area contributed by atoms with Crippen LogP contribution in [0.1, 0.15) is 24.0 Å². The van der Waals surface area contributed by atoms with Crippen molar-refractivity contribution >= 4 is 28.3 Å². The van der Waals surface area contributed by atoms with Gasteiger partial charge in [0, 0.05) is 38.7 Å². The maximum atomic E-state index is 14.1. The fourth-order valence-electron chi connectivity index (χ4n) is 4.35. The minimum absolute atomic E-state index is 0.162. The number of carboxylic acids is 1. The molecule has 30 heavy (non-hydrogen) atoms. The van der Waals surface area contributed by atoms with Gasteiger partial charge in [-0.15, -0.1) is 0 Å². The largest absolute Gasteiger partial charge is 0.480 e. The third-order valence-electron chi connectivity index (χ3n) is 5.90. The highest BCUT2D eigenvalue weighted by Crippen LogP contribution is 2.43. The highest BCUT2D eigenvalue weighted by molar-refractivity contribution is 5.88. The standard InChI is InChI=1S/C24H23FN2O3/c1-15(28)26(2)14-21-20-12-18(25)10-11-22(20)27(23(21)24(29)30)13-17-8-5-7-16-6-3-4-9-19(16)17/h3-12,21,23H,13-14H2,1-2H3,(H,29,30). The van der Waals surface area contributed by atoms with Crippen LogP contribution in [-0.4, -0.2) is 41.5 Å². The van der Waals surface area contributed by atoms with Crippen molar-refractivity contribution in [1.82, 2.24) is 4.90 Å². The van der Waals surface area contributed by atoms with Crippen LogP contribution in [0.3, 0.4) is 0 Å². The fraction of sp³-hybridized carbons (Fsp3) is 0.250. The van der Waals surface area contributed by atoms with E-state index in [1.165, 1.54) is 24.0 Å². The van der Waals surface area contributed by atoms with Crippen LogP contribution in [0.5, 0.6) is 0 Å². The van der Waals surface area contributed by atoms with Gasteiger partial charge in [0.2, 0.25) is 5.91 Å². The normalized spacial score (nSPS) is 17.8. The van der Waals surface area contributed by atoms with Crippen LogP contribution in [0, 0.1) is 5.82 Å². The Morgan fingerprint density at radius 1 is 1.10 bits per heavy atom. The van der Waals surface area contributed by atoms with Gasteiger partial charge in [0.05, 0.1) is 0 Å². The highest BCUT2D eigenvalue weighted by atomic mass is 19.1. The molecule has 1 aliphatic rings. The predicted molar refractivity (Wildman–Crippen MR) is 114 cm³/mol. The number of rotatable bonds is 5. The van der Waals surface area contributed by atoms with Crippen LogP contribution in [0.25, 0.3) is 10.8 Å². The topological polar surface area (TPSA) is 60.9 Å². The Bertz CT molecular complexity index is 1130. The van der Waals surface area contributed by atoms with E-state index in [-0.39, 0.29) is 12.5 Å². The Balaban J connectivity index is 1.80. The zero-order chi connectivity index (χ0) is 21.4. The number of carboxylic acid groups (broad SMARTS) is 1.